The maximum absolute atomic E-state index is 11.9. The summed E-state index contributed by atoms with van der Waals surface area (Å²) < 4.78 is 10.6. The molecule has 1 atom stereocenters. The monoisotopic (exact) mass is 393 g/mol. The van der Waals surface area contributed by atoms with E-state index >= 15 is 0 Å². The molecule has 0 heterocycles. The first-order chi connectivity index (χ1) is 13.4. The van der Waals surface area contributed by atoms with Gasteiger partial charge in [0.2, 0.25) is 17.7 Å². The number of para-hydroxylation sites is 1. The number of ether oxygens (including phenoxy) is 2. The second-order valence-corrected chi connectivity index (χ2v) is 5.94. The van der Waals surface area contributed by atoms with Crippen LogP contribution in [0.4, 0.5) is 0 Å². The van der Waals surface area contributed by atoms with Gasteiger partial charge in [-0.1, -0.05) is 25.1 Å². The SMILES string of the molecule is CCC(CNC(=O)CCC(=O)NCNC(C)=O)OC(=O)COc1ccccc1. The van der Waals surface area contributed by atoms with E-state index in [4.69, 9.17) is 9.47 Å². The van der Waals surface area contributed by atoms with E-state index in [1.54, 1.807) is 24.3 Å². The zero-order chi connectivity index (χ0) is 20.8. The molecular weight excluding hydrogens is 366 g/mol. The number of hydrogen-bond acceptors (Lipinski definition) is 6. The Balaban J connectivity index is 2.21. The van der Waals surface area contributed by atoms with Crippen LogP contribution in [0.3, 0.4) is 0 Å². The van der Waals surface area contributed by atoms with E-state index < -0.39 is 12.1 Å². The molecule has 154 valence electrons. The van der Waals surface area contributed by atoms with Crippen molar-refractivity contribution in [1.82, 2.24) is 16.0 Å². The predicted octanol–water partition coefficient (Wildman–Crippen LogP) is 0.493. The summed E-state index contributed by atoms with van der Waals surface area (Å²) in [5, 5.41) is 7.52. The fraction of sp³-hybridized carbons (Fsp3) is 0.474. The number of carbonyl (C=O) groups excluding carboxylic acids is 4. The number of esters is 1. The maximum atomic E-state index is 11.9. The molecule has 0 aromatic heterocycles. The lowest BCUT2D eigenvalue weighted by molar-refractivity contribution is -0.152. The van der Waals surface area contributed by atoms with Gasteiger partial charge in [0.25, 0.3) is 0 Å². The molecule has 0 aliphatic rings. The molecule has 0 bridgehead atoms. The minimum absolute atomic E-state index is 0.00654. The molecule has 28 heavy (non-hydrogen) atoms. The van der Waals surface area contributed by atoms with Crippen LogP contribution in [0, 0.1) is 0 Å². The molecule has 3 N–H and O–H groups in total. The molecule has 9 nitrogen and oxygen atoms in total. The van der Waals surface area contributed by atoms with Crippen LogP contribution in [0.1, 0.15) is 33.1 Å². The van der Waals surface area contributed by atoms with Gasteiger partial charge in [-0.05, 0) is 18.6 Å². The van der Waals surface area contributed by atoms with Crippen molar-refractivity contribution < 1.29 is 28.7 Å². The average Bonchev–Trinajstić information content (AvgIpc) is 2.68. The molecule has 0 aliphatic heterocycles. The summed E-state index contributed by atoms with van der Waals surface area (Å²) in [7, 11) is 0. The second-order valence-electron chi connectivity index (χ2n) is 5.94. The largest absolute Gasteiger partial charge is 0.482 e. The highest BCUT2D eigenvalue weighted by Crippen LogP contribution is 2.08. The van der Waals surface area contributed by atoms with E-state index in [-0.39, 0.29) is 50.4 Å². The molecule has 0 radical (unpaired) electrons. The number of benzene rings is 1. The van der Waals surface area contributed by atoms with Crippen LogP contribution in [-0.4, -0.2) is 49.6 Å². The Kier molecular flexibility index (Phi) is 10.8. The van der Waals surface area contributed by atoms with Crippen molar-refractivity contribution >= 4 is 23.7 Å². The van der Waals surface area contributed by atoms with Crippen LogP contribution in [0.15, 0.2) is 30.3 Å². The molecular formula is C19H27N3O6. The molecule has 9 heteroatoms. The second kappa shape index (κ2) is 13.1. The smallest absolute Gasteiger partial charge is 0.344 e. The maximum Gasteiger partial charge on any atom is 0.344 e. The predicted molar refractivity (Wildman–Crippen MR) is 101 cm³/mol. The van der Waals surface area contributed by atoms with E-state index in [0.717, 1.165) is 0 Å². The van der Waals surface area contributed by atoms with Crippen molar-refractivity contribution in [2.24, 2.45) is 0 Å². The van der Waals surface area contributed by atoms with Gasteiger partial charge >= 0.3 is 5.97 Å². The van der Waals surface area contributed by atoms with Gasteiger partial charge in [0.1, 0.15) is 11.9 Å². The first-order valence-electron chi connectivity index (χ1n) is 9.05. The Morgan fingerprint density at radius 3 is 2.21 bits per heavy atom. The summed E-state index contributed by atoms with van der Waals surface area (Å²) in [5.74, 6) is -0.891. The molecule has 1 aromatic rings. The first kappa shape index (κ1) is 22.9. The summed E-state index contributed by atoms with van der Waals surface area (Å²) in [4.78, 5) is 45.9. The van der Waals surface area contributed by atoms with Crippen LogP contribution < -0.4 is 20.7 Å². The third kappa shape index (κ3) is 10.8. The van der Waals surface area contributed by atoms with E-state index in [1.807, 2.05) is 13.0 Å². The Hall–Kier alpha value is -3.10. The lowest BCUT2D eigenvalue weighted by atomic mass is 10.2. The van der Waals surface area contributed by atoms with Gasteiger partial charge in [0.15, 0.2) is 6.61 Å². The fourth-order valence-corrected chi connectivity index (χ4v) is 2.05. The van der Waals surface area contributed by atoms with Gasteiger partial charge in [-0.2, -0.15) is 0 Å². The molecule has 1 aromatic carbocycles. The van der Waals surface area contributed by atoms with Crippen molar-refractivity contribution in [3.05, 3.63) is 30.3 Å². The number of nitrogens with one attached hydrogen (secondary N) is 3. The van der Waals surface area contributed by atoms with Gasteiger partial charge < -0.3 is 25.4 Å². The highest BCUT2D eigenvalue weighted by molar-refractivity contribution is 5.84. The van der Waals surface area contributed by atoms with E-state index in [2.05, 4.69) is 16.0 Å². The minimum atomic E-state index is -0.526. The van der Waals surface area contributed by atoms with Crippen LogP contribution in [0.25, 0.3) is 0 Å². The number of rotatable bonds is 12. The minimum Gasteiger partial charge on any atom is -0.482 e. The zero-order valence-corrected chi connectivity index (χ0v) is 16.2. The fourth-order valence-electron chi connectivity index (χ4n) is 2.05. The average molecular weight is 393 g/mol. The summed E-state index contributed by atoms with van der Waals surface area (Å²) in [6, 6.07) is 8.90. The van der Waals surface area contributed by atoms with Crippen molar-refractivity contribution in [3.63, 3.8) is 0 Å². The van der Waals surface area contributed by atoms with Crippen LogP contribution in [-0.2, 0) is 23.9 Å². The Morgan fingerprint density at radius 2 is 1.61 bits per heavy atom. The molecule has 0 fully saturated rings. The van der Waals surface area contributed by atoms with Gasteiger partial charge in [-0.25, -0.2) is 4.79 Å². The van der Waals surface area contributed by atoms with Crippen molar-refractivity contribution in [3.8, 4) is 5.75 Å². The first-order valence-corrected chi connectivity index (χ1v) is 9.05. The van der Waals surface area contributed by atoms with Crippen LogP contribution in [0.2, 0.25) is 0 Å². The van der Waals surface area contributed by atoms with Crippen molar-refractivity contribution in [1.29, 1.82) is 0 Å². The van der Waals surface area contributed by atoms with Gasteiger partial charge in [0, 0.05) is 19.8 Å². The molecule has 0 saturated carbocycles. The summed E-state index contributed by atoms with van der Waals surface area (Å²) in [5.41, 5.74) is 0. The lowest BCUT2D eigenvalue weighted by Crippen LogP contribution is -2.38. The third-order valence-corrected chi connectivity index (χ3v) is 3.58. The van der Waals surface area contributed by atoms with Crippen molar-refractivity contribution in [2.75, 3.05) is 19.8 Å². The molecule has 1 unspecified atom stereocenters. The van der Waals surface area contributed by atoms with Gasteiger partial charge in [0.05, 0.1) is 13.2 Å². The topological polar surface area (TPSA) is 123 Å². The number of hydrogen-bond donors (Lipinski definition) is 3. The summed E-state index contributed by atoms with van der Waals surface area (Å²) in [6.45, 7) is 3.12. The van der Waals surface area contributed by atoms with Crippen molar-refractivity contribution in [2.45, 2.75) is 39.2 Å². The summed E-state index contributed by atoms with van der Waals surface area (Å²) in [6.07, 6.45) is 0.0268. The van der Waals surface area contributed by atoms with Crippen LogP contribution in [0.5, 0.6) is 5.75 Å². The quantitative estimate of drug-likeness (QED) is 0.351. The highest BCUT2D eigenvalue weighted by atomic mass is 16.6. The zero-order valence-electron chi connectivity index (χ0n) is 16.2. The Bertz CT molecular complexity index is 650. The normalized spacial score (nSPS) is 11.1. The third-order valence-electron chi connectivity index (χ3n) is 3.58. The van der Waals surface area contributed by atoms with E-state index in [1.165, 1.54) is 6.92 Å². The standard InChI is InChI=1S/C19H27N3O6/c1-3-15(28-19(26)12-27-16-7-5-4-6-8-16)11-20-17(24)9-10-18(25)22-13-21-14(2)23/h4-8,15H,3,9-13H2,1-2H3,(H,20,24)(H,21,23)(H,22,25). The summed E-state index contributed by atoms with van der Waals surface area (Å²) >= 11 is 0. The molecule has 0 saturated heterocycles. The van der Waals surface area contributed by atoms with E-state index in [9.17, 15) is 19.2 Å². The Labute approximate surface area is 164 Å². The van der Waals surface area contributed by atoms with Gasteiger partial charge in [-0.15, -0.1) is 0 Å². The van der Waals surface area contributed by atoms with Gasteiger partial charge in [-0.3, -0.25) is 14.4 Å². The number of amides is 3. The number of carbonyl (C=O) groups is 4. The lowest BCUT2D eigenvalue weighted by Gasteiger charge is -2.17. The molecule has 1 rings (SSSR count). The molecule has 0 aliphatic carbocycles. The highest BCUT2D eigenvalue weighted by Gasteiger charge is 2.15. The molecule has 0 spiro atoms. The van der Waals surface area contributed by atoms with Crippen LogP contribution >= 0.6 is 0 Å². The Morgan fingerprint density at radius 1 is 0.964 bits per heavy atom. The van der Waals surface area contributed by atoms with E-state index in [0.29, 0.717) is 12.2 Å². The molecule has 3 amide bonds.